The first-order valence-corrected chi connectivity index (χ1v) is 9.93. The van der Waals surface area contributed by atoms with Crippen molar-refractivity contribution in [3.63, 3.8) is 0 Å². The minimum absolute atomic E-state index is 0.0556. The third-order valence-corrected chi connectivity index (χ3v) is 6.27. The van der Waals surface area contributed by atoms with E-state index in [0.29, 0.717) is 19.8 Å². The fourth-order valence-electron chi connectivity index (χ4n) is 4.19. The van der Waals surface area contributed by atoms with Crippen molar-refractivity contribution in [2.75, 3.05) is 25.1 Å². The van der Waals surface area contributed by atoms with Gasteiger partial charge in [0.25, 0.3) is 0 Å². The van der Waals surface area contributed by atoms with Crippen LogP contribution >= 0.6 is 11.3 Å². The Morgan fingerprint density at radius 1 is 1.31 bits per heavy atom. The number of anilines is 1. The summed E-state index contributed by atoms with van der Waals surface area (Å²) in [5.74, 6) is 0.0556. The summed E-state index contributed by atoms with van der Waals surface area (Å²) in [7, 11) is 0. The smallest absolute Gasteiger partial charge is 0.238 e. The minimum atomic E-state index is -0.330. The van der Waals surface area contributed by atoms with Gasteiger partial charge in [-0.2, -0.15) is 0 Å². The highest BCUT2D eigenvalue weighted by atomic mass is 32.1. The highest BCUT2D eigenvalue weighted by molar-refractivity contribution is 7.11. The fraction of sp³-hybridized carbons (Fsp3) is 0.474. The quantitative estimate of drug-likeness (QED) is 0.899. The number of hydrogen-bond donors (Lipinski definition) is 1. The molecule has 0 saturated carbocycles. The molecule has 1 atom stereocenters. The number of carbonyl (C=O) groups excluding carboxylic acids is 1. The molecule has 1 N–H and O–H groups in total. The van der Waals surface area contributed by atoms with Crippen LogP contribution in [0.2, 0.25) is 0 Å². The van der Waals surface area contributed by atoms with Crippen molar-refractivity contribution in [1.29, 1.82) is 0 Å². The Morgan fingerprint density at radius 2 is 2.19 bits per heavy atom. The standard InChI is InChI=1S/C19H21N3O3S/c23-16-11-22(10-13-9-20-18(26-13)19-24-7-8-25-19)15-6-2-4-12-3-1-5-14(21-16)17(12)15/h1,3,5,9,15,19H,2,4,6-8,10-11H2,(H,21,23). The second-order valence-corrected chi connectivity index (χ2v) is 8.12. The number of ether oxygens (including phenoxy) is 2. The first-order chi connectivity index (χ1) is 12.8. The van der Waals surface area contributed by atoms with Gasteiger partial charge in [0, 0.05) is 29.3 Å². The summed E-state index contributed by atoms with van der Waals surface area (Å²) in [5.41, 5.74) is 3.65. The lowest BCUT2D eigenvalue weighted by molar-refractivity contribution is -0.117. The Balaban J connectivity index is 1.43. The van der Waals surface area contributed by atoms with Crippen LogP contribution in [-0.2, 0) is 27.2 Å². The van der Waals surface area contributed by atoms with E-state index in [1.54, 1.807) is 11.3 Å². The van der Waals surface area contributed by atoms with Gasteiger partial charge in [0.15, 0.2) is 0 Å². The van der Waals surface area contributed by atoms with E-state index in [1.807, 2.05) is 18.3 Å². The molecule has 6 nitrogen and oxygen atoms in total. The maximum absolute atomic E-state index is 12.4. The molecule has 5 rings (SSSR count). The second-order valence-electron chi connectivity index (χ2n) is 6.98. The van der Waals surface area contributed by atoms with Gasteiger partial charge in [-0.3, -0.25) is 9.69 Å². The van der Waals surface area contributed by atoms with Gasteiger partial charge in [0.05, 0.1) is 19.8 Å². The zero-order chi connectivity index (χ0) is 17.5. The maximum atomic E-state index is 12.4. The zero-order valence-corrected chi connectivity index (χ0v) is 15.3. The number of aromatic nitrogens is 1. The fourth-order valence-corrected chi connectivity index (χ4v) is 5.13. The molecule has 1 unspecified atom stereocenters. The Morgan fingerprint density at radius 3 is 3.08 bits per heavy atom. The molecule has 7 heteroatoms. The molecule has 1 aromatic heterocycles. The number of carbonyl (C=O) groups is 1. The van der Waals surface area contributed by atoms with Crippen molar-refractivity contribution < 1.29 is 14.3 Å². The molecule has 1 aliphatic carbocycles. The third-order valence-electron chi connectivity index (χ3n) is 5.27. The summed E-state index contributed by atoms with van der Waals surface area (Å²) >= 11 is 1.61. The Hall–Kier alpha value is -1.80. The van der Waals surface area contributed by atoms with Crippen molar-refractivity contribution in [3.05, 3.63) is 45.4 Å². The van der Waals surface area contributed by atoms with E-state index in [9.17, 15) is 4.79 Å². The zero-order valence-electron chi connectivity index (χ0n) is 14.4. The van der Waals surface area contributed by atoms with Gasteiger partial charge in [-0.1, -0.05) is 12.1 Å². The largest absolute Gasteiger partial charge is 0.344 e. The van der Waals surface area contributed by atoms with E-state index >= 15 is 0 Å². The summed E-state index contributed by atoms with van der Waals surface area (Å²) in [4.78, 5) is 20.3. The van der Waals surface area contributed by atoms with Crippen molar-refractivity contribution >= 4 is 22.9 Å². The van der Waals surface area contributed by atoms with Gasteiger partial charge < -0.3 is 14.8 Å². The summed E-state index contributed by atoms with van der Waals surface area (Å²) in [6.07, 6.45) is 4.89. The van der Waals surface area contributed by atoms with Gasteiger partial charge >= 0.3 is 0 Å². The maximum Gasteiger partial charge on any atom is 0.238 e. The number of amides is 1. The van der Waals surface area contributed by atoms with Crippen LogP contribution in [0.5, 0.6) is 0 Å². The lowest BCUT2D eigenvalue weighted by atomic mass is 9.86. The molecule has 2 aliphatic heterocycles. The van der Waals surface area contributed by atoms with E-state index in [1.165, 1.54) is 11.1 Å². The molecule has 26 heavy (non-hydrogen) atoms. The van der Waals surface area contributed by atoms with Crippen molar-refractivity contribution in [1.82, 2.24) is 9.88 Å². The monoisotopic (exact) mass is 371 g/mol. The molecule has 0 bridgehead atoms. The van der Waals surface area contributed by atoms with Crippen LogP contribution in [0.15, 0.2) is 24.4 Å². The normalized spacial score (nSPS) is 23.5. The molecule has 3 aliphatic rings. The molecule has 1 fully saturated rings. The first kappa shape index (κ1) is 16.4. The van der Waals surface area contributed by atoms with Crippen LogP contribution in [0.1, 0.15) is 46.2 Å². The first-order valence-electron chi connectivity index (χ1n) is 9.11. The predicted octanol–water partition coefficient (Wildman–Crippen LogP) is 3.02. The van der Waals surface area contributed by atoms with Crippen LogP contribution in [0, 0.1) is 0 Å². The molecule has 136 valence electrons. The summed E-state index contributed by atoms with van der Waals surface area (Å²) < 4.78 is 11.1. The van der Waals surface area contributed by atoms with Crippen molar-refractivity contribution in [2.45, 2.75) is 38.1 Å². The van der Waals surface area contributed by atoms with Gasteiger partial charge in [0.2, 0.25) is 12.2 Å². The van der Waals surface area contributed by atoms with E-state index in [2.05, 4.69) is 21.3 Å². The lowest BCUT2D eigenvalue weighted by Crippen LogP contribution is -2.34. The summed E-state index contributed by atoms with van der Waals surface area (Å²) in [5, 5.41) is 3.96. The van der Waals surface area contributed by atoms with E-state index in [-0.39, 0.29) is 18.2 Å². The van der Waals surface area contributed by atoms with Crippen LogP contribution in [0.3, 0.4) is 0 Å². The van der Waals surface area contributed by atoms with E-state index < -0.39 is 0 Å². The van der Waals surface area contributed by atoms with Crippen LogP contribution in [-0.4, -0.2) is 35.5 Å². The van der Waals surface area contributed by atoms with Gasteiger partial charge in [-0.25, -0.2) is 4.98 Å². The molecule has 1 aromatic carbocycles. The van der Waals surface area contributed by atoms with Gasteiger partial charge in [-0.05, 0) is 36.5 Å². The molecule has 0 spiro atoms. The highest BCUT2D eigenvalue weighted by Crippen LogP contribution is 2.41. The molecule has 1 saturated heterocycles. The molecule has 0 radical (unpaired) electrons. The van der Waals surface area contributed by atoms with Crippen LogP contribution in [0.4, 0.5) is 5.69 Å². The molecule has 1 amide bonds. The number of nitrogens with zero attached hydrogens (tertiary/aromatic N) is 2. The second kappa shape index (κ2) is 6.74. The summed E-state index contributed by atoms with van der Waals surface area (Å²) in [6.45, 7) is 2.36. The average Bonchev–Trinajstić information content (AvgIpc) is 3.30. The average molecular weight is 371 g/mol. The number of rotatable bonds is 3. The Kier molecular flexibility index (Phi) is 4.24. The van der Waals surface area contributed by atoms with Gasteiger partial charge in [-0.15, -0.1) is 11.3 Å². The molecular formula is C19H21N3O3S. The number of aryl methyl sites for hydroxylation is 1. The van der Waals surface area contributed by atoms with Crippen LogP contribution < -0.4 is 5.32 Å². The third kappa shape index (κ3) is 2.95. The number of thiazole rings is 1. The van der Waals surface area contributed by atoms with Crippen molar-refractivity contribution in [2.24, 2.45) is 0 Å². The molecular weight excluding hydrogens is 350 g/mol. The van der Waals surface area contributed by atoms with Crippen LogP contribution in [0.25, 0.3) is 0 Å². The predicted molar refractivity (Wildman–Crippen MR) is 97.9 cm³/mol. The molecule has 3 heterocycles. The highest BCUT2D eigenvalue weighted by Gasteiger charge is 2.33. The number of benzene rings is 1. The van der Waals surface area contributed by atoms with E-state index in [0.717, 1.165) is 41.4 Å². The minimum Gasteiger partial charge on any atom is -0.344 e. The Bertz CT molecular complexity index is 831. The topological polar surface area (TPSA) is 63.7 Å². The number of nitrogens with one attached hydrogen (secondary N) is 1. The van der Waals surface area contributed by atoms with Crippen molar-refractivity contribution in [3.8, 4) is 0 Å². The Labute approximate surface area is 156 Å². The SMILES string of the molecule is O=C1CN(Cc2cnc(C3OCCO3)s2)C2CCCc3cccc(c32)N1. The summed E-state index contributed by atoms with van der Waals surface area (Å²) in [6, 6.07) is 6.54. The lowest BCUT2D eigenvalue weighted by Gasteiger charge is -2.33. The molecule has 2 aromatic rings. The van der Waals surface area contributed by atoms with Gasteiger partial charge in [0.1, 0.15) is 5.01 Å². The van der Waals surface area contributed by atoms with E-state index in [4.69, 9.17) is 9.47 Å². The number of hydrogen-bond acceptors (Lipinski definition) is 6.